The number of aryl methyl sites for hydroxylation is 1. The number of carbonyl (C=O) groups is 3. The molecule has 1 aromatic rings. The molecule has 3 rings (SSSR count). The predicted octanol–water partition coefficient (Wildman–Crippen LogP) is 5.54. The first-order valence-electron chi connectivity index (χ1n) is 11.6. The molecule has 2 aliphatic carbocycles. The van der Waals surface area contributed by atoms with E-state index in [2.05, 4.69) is 0 Å². The molecule has 0 bridgehead atoms. The molecule has 34 heavy (non-hydrogen) atoms. The minimum absolute atomic E-state index is 0.0603. The van der Waals surface area contributed by atoms with Gasteiger partial charge in [0.1, 0.15) is 5.75 Å². The molecule has 0 aliphatic heterocycles. The van der Waals surface area contributed by atoms with Crippen LogP contribution in [0.3, 0.4) is 0 Å². The highest BCUT2D eigenvalue weighted by Gasteiger charge is 2.54. The van der Waals surface area contributed by atoms with E-state index in [1.54, 1.807) is 31.2 Å². The number of Topliss-reactive ketones (excluding diaryl/α,β-unsaturated/α-hetero) is 1. The Morgan fingerprint density at radius 3 is 2.41 bits per heavy atom. The maximum Gasteiger partial charge on any atom is 0.331 e. The van der Waals surface area contributed by atoms with Gasteiger partial charge >= 0.3 is 11.9 Å². The lowest BCUT2D eigenvalue weighted by Crippen LogP contribution is -2.49. The van der Waals surface area contributed by atoms with Crippen molar-refractivity contribution in [1.29, 1.82) is 0 Å². The Bertz CT molecular complexity index is 1120. The van der Waals surface area contributed by atoms with Gasteiger partial charge in [0.2, 0.25) is 0 Å². The van der Waals surface area contributed by atoms with Crippen molar-refractivity contribution in [3.05, 3.63) is 76.9 Å². The number of hydrogen-bond acceptors (Lipinski definition) is 4. The van der Waals surface area contributed by atoms with Crippen molar-refractivity contribution >= 4 is 17.7 Å². The van der Waals surface area contributed by atoms with Crippen LogP contribution in [0.4, 0.5) is 0 Å². The van der Waals surface area contributed by atoms with E-state index in [1.165, 1.54) is 0 Å². The van der Waals surface area contributed by atoms with Crippen LogP contribution >= 0.6 is 0 Å². The van der Waals surface area contributed by atoms with Gasteiger partial charge in [-0.2, -0.15) is 0 Å². The number of allylic oxidation sites excluding steroid dienone is 5. The van der Waals surface area contributed by atoms with Crippen LogP contribution in [0.15, 0.2) is 65.8 Å². The van der Waals surface area contributed by atoms with Gasteiger partial charge in [0, 0.05) is 28.9 Å². The van der Waals surface area contributed by atoms with Crippen LogP contribution in [0.2, 0.25) is 0 Å². The highest BCUT2D eigenvalue weighted by atomic mass is 16.5. The number of carboxylic acids is 2. The maximum absolute atomic E-state index is 12.7. The monoisotopic (exact) mass is 464 g/mol. The third-order valence-corrected chi connectivity index (χ3v) is 7.22. The number of hydrogen-bond donors (Lipinski definition) is 2. The summed E-state index contributed by atoms with van der Waals surface area (Å²) in [6.45, 7) is 7.58. The summed E-state index contributed by atoms with van der Waals surface area (Å²) in [5.74, 6) is -1.99. The Morgan fingerprint density at radius 2 is 1.82 bits per heavy atom. The first-order valence-corrected chi connectivity index (χ1v) is 11.6. The topological polar surface area (TPSA) is 101 Å². The van der Waals surface area contributed by atoms with E-state index in [0.29, 0.717) is 29.7 Å². The second kappa shape index (κ2) is 9.84. The largest absolute Gasteiger partial charge is 0.492 e. The molecule has 0 spiro atoms. The summed E-state index contributed by atoms with van der Waals surface area (Å²) in [5.41, 5.74) is 0.0594. The van der Waals surface area contributed by atoms with Crippen molar-refractivity contribution < 1.29 is 29.3 Å². The Labute approximate surface area is 200 Å². The van der Waals surface area contributed by atoms with Crippen molar-refractivity contribution in [2.75, 3.05) is 6.61 Å². The lowest BCUT2D eigenvalue weighted by Gasteiger charge is -2.47. The first-order chi connectivity index (χ1) is 16.1. The molecule has 180 valence electrons. The zero-order chi connectivity index (χ0) is 25.1. The Balaban J connectivity index is 1.97. The van der Waals surface area contributed by atoms with Crippen LogP contribution in [-0.2, 0) is 9.59 Å². The standard InChI is InChI=1S/C28H32O6/c1-5-22(29)20-10-11-23(19(4)15-20)34-17-27(6-2)13-8-7-9-24(27)28(26(32)33)14-12-18(3)21(16-28)25(30)31/h7-15,24H,5-6,16-17H2,1-4H3,(H,30,31)(H,32,33). The summed E-state index contributed by atoms with van der Waals surface area (Å²) in [6.07, 6.45) is 11.7. The van der Waals surface area contributed by atoms with E-state index >= 15 is 0 Å². The Hall–Kier alpha value is -3.41. The molecular formula is C28H32O6. The zero-order valence-electron chi connectivity index (χ0n) is 20.1. The molecule has 6 nitrogen and oxygen atoms in total. The minimum Gasteiger partial charge on any atom is -0.492 e. The van der Waals surface area contributed by atoms with Crippen LogP contribution in [-0.4, -0.2) is 34.5 Å². The lowest BCUT2D eigenvalue weighted by atomic mass is 9.56. The molecule has 0 radical (unpaired) electrons. The minimum atomic E-state index is -1.42. The second-order valence-electron chi connectivity index (χ2n) is 9.18. The normalized spacial score (nSPS) is 25.9. The fourth-order valence-corrected chi connectivity index (χ4v) is 4.98. The van der Waals surface area contributed by atoms with Crippen molar-refractivity contribution in [2.24, 2.45) is 16.7 Å². The Morgan fingerprint density at radius 1 is 1.09 bits per heavy atom. The summed E-state index contributed by atoms with van der Waals surface area (Å²) in [7, 11) is 0. The molecule has 6 heteroatoms. The number of ketones is 1. The average Bonchev–Trinajstić information content (AvgIpc) is 2.83. The predicted molar refractivity (Wildman–Crippen MR) is 130 cm³/mol. The van der Waals surface area contributed by atoms with E-state index in [0.717, 1.165) is 5.56 Å². The van der Waals surface area contributed by atoms with Crippen molar-refractivity contribution in [3.63, 3.8) is 0 Å². The molecule has 0 saturated carbocycles. The van der Waals surface area contributed by atoms with Crippen LogP contribution in [0.5, 0.6) is 5.75 Å². The van der Waals surface area contributed by atoms with E-state index < -0.39 is 28.7 Å². The summed E-state index contributed by atoms with van der Waals surface area (Å²) < 4.78 is 6.24. The third kappa shape index (κ3) is 4.49. The van der Waals surface area contributed by atoms with Crippen LogP contribution in [0.1, 0.15) is 56.0 Å². The van der Waals surface area contributed by atoms with Crippen molar-refractivity contribution in [2.45, 2.75) is 47.0 Å². The molecule has 2 N–H and O–H groups in total. The fourth-order valence-electron chi connectivity index (χ4n) is 4.98. The number of rotatable bonds is 9. The summed E-state index contributed by atoms with van der Waals surface area (Å²) in [5, 5.41) is 20.1. The van der Waals surface area contributed by atoms with Gasteiger partial charge in [0.15, 0.2) is 5.78 Å². The highest BCUT2D eigenvalue weighted by Crippen LogP contribution is 2.52. The molecule has 2 aliphatic rings. The molecule has 0 saturated heterocycles. The summed E-state index contributed by atoms with van der Waals surface area (Å²) in [6, 6.07) is 5.33. The van der Waals surface area contributed by atoms with Crippen LogP contribution < -0.4 is 4.74 Å². The SMILES string of the molecule is CCC(=O)c1ccc(OCC2(CC)C=CC=CC2C2(C(=O)O)C=CC(C)=C(C(=O)O)C2)c(C)c1. The van der Waals surface area contributed by atoms with E-state index in [4.69, 9.17) is 4.74 Å². The molecule has 0 fully saturated rings. The van der Waals surface area contributed by atoms with Crippen LogP contribution in [0, 0.1) is 23.7 Å². The zero-order valence-corrected chi connectivity index (χ0v) is 20.1. The van der Waals surface area contributed by atoms with Crippen molar-refractivity contribution in [1.82, 2.24) is 0 Å². The lowest BCUT2D eigenvalue weighted by molar-refractivity contribution is -0.151. The quantitative estimate of drug-likeness (QED) is 0.466. The molecular weight excluding hydrogens is 432 g/mol. The van der Waals surface area contributed by atoms with Gasteiger partial charge in [-0.05, 0) is 56.0 Å². The number of carbonyl (C=O) groups excluding carboxylic acids is 1. The molecule has 0 aromatic heterocycles. The molecule has 3 unspecified atom stereocenters. The van der Waals surface area contributed by atoms with Gasteiger partial charge in [-0.1, -0.05) is 50.3 Å². The van der Waals surface area contributed by atoms with E-state index in [9.17, 15) is 24.6 Å². The van der Waals surface area contributed by atoms with Gasteiger partial charge < -0.3 is 14.9 Å². The van der Waals surface area contributed by atoms with Gasteiger partial charge in [-0.3, -0.25) is 9.59 Å². The first kappa shape index (κ1) is 25.2. The molecule has 3 atom stereocenters. The summed E-state index contributed by atoms with van der Waals surface area (Å²) in [4.78, 5) is 36.6. The molecule has 0 amide bonds. The van der Waals surface area contributed by atoms with Crippen LogP contribution in [0.25, 0.3) is 0 Å². The number of aliphatic carboxylic acids is 2. The fraction of sp³-hybridized carbons (Fsp3) is 0.393. The second-order valence-corrected chi connectivity index (χ2v) is 9.18. The van der Waals surface area contributed by atoms with Gasteiger partial charge in [-0.15, -0.1) is 0 Å². The van der Waals surface area contributed by atoms with Crippen molar-refractivity contribution in [3.8, 4) is 5.75 Å². The number of benzene rings is 1. The third-order valence-electron chi connectivity index (χ3n) is 7.22. The van der Waals surface area contributed by atoms with E-state index in [1.807, 2.05) is 51.1 Å². The maximum atomic E-state index is 12.7. The van der Waals surface area contributed by atoms with Gasteiger partial charge in [0.05, 0.1) is 12.0 Å². The Kier molecular flexibility index (Phi) is 7.29. The summed E-state index contributed by atoms with van der Waals surface area (Å²) >= 11 is 0. The number of ether oxygens (including phenoxy) is 1. The molecule has 1 aromatic carbocycles. The average molecular weight is 465 g/mol. The highest BCUT2D eigenvalue weighted by molar-refractivity contribution is 5.96. The number of carboxylic acid groups (broad SMARTS) is 2. The van der Waals surface area contributed by atoms with E-state index in [-0.39, 0.29) is 24.4 Å². The molecule has 0 heterocycles. The van der Waals surface area contributed by atoms with Gasteiger partial charge in [-0.25, -0.2) is 4.79 Å². The van der Waals surface area contributed by atoms with Gasteiger partial charge in [0.25, 0.3) is 0 Å². The smallest absolute Gasteiger partial charge is 0.331 e.